The SMILES string of the molecule is COc1ccc(C(Cl)c2ccc(Cl)c(F)c2)c(OC)c1Cl. The van der Waals surface area contributed by atoms with E-state index in [2.05, 4.69) is 0 Å². The molecule has 0 saturated heterocycles. The summed E-state index contributed by atoms with van der Waals surface area (Å²) in [7, 11) is 2.99. The van der Waals surface area contributed by atoms with Gasteiger partial charge in [-0.15, -0.1) is 11.6 Å². The van der Waals surface area contributed by atoms with Crippen LogP contribution in [0.2, 0.25) is 10.0 Å². The highest BCUT2D eigenvalue weighted by molar-refractivity contribution is 6.34. The van der Waals surface area contributed by atoms with E-state index in [1.54, 1.807) is 18.2 Å². The van der Waals surface area contributed by atoms with E-state index >= 15 is 0 Å². The lowest BCUT2D eigenvalue weighted by Gasteiger charge is -2.17. The number of hydrogen-bond donors (Lipinski definition) is 0. The number of methoxy groups -OCH3 is 2. The van der Waals surface area contributed by atoms with Gasteiger partial charge >= 0.3 is 0 Å². The molecule has 0 aromatic heterocycles. The Labute approximate surface area is 137 Å². The molecule has 0 bridgehead atoms. The zero-order valence-corrected chi connectivity index (χ0v) is 13.6. The van der Waals surface area contributed by atoms with E-state index in [1.807, 2.05) is 0 Å². The molecule has 0 spiro atoms. The van der Waals surface area contributed by atoms with E-state index in [4.69, 9.17) is 44.3 Å². The lowest BCUT2D eigenvalue weighted by atomic mass is 10.0. The molecule has 112 valence electrons. The number of halogens is 4. The second-order valence-corrected chi connectivity index (χ2v) is 5.46. The van der Waals surface area contributed by atoms with Crippen molar-refractivity contribution in [2.75, 3.05) is 14.2 Å². The minimum absolute atomic E-state index is 0.0438. The second-order valence-electron chi connectivity index (χ2n) is 4.24. The van der Waals surface area contributed by atoms with Crippen molar-refractivity contribution in [3.05, 3.63) is 57.3 Å². The Balaban J connectivity index is 2.50. The van der Waals surface area contributed by atoms with Crippen molar-refractivity contribution >= 4 is 34.8 Å². The van der Waals surface area contributed by atoms with Gasteiger partial charge in [0.15, 0.2) is 0 Å². The summed E-state index contributed by atoms with van der Waals surface area (Å²) in [5.41, 5.74) is 1.17. The van der Waals surface area contributed by atoms with Crippen molar-refractivity contribution in [2.24, 2.45) is 0 Å². The highest BCUT2D eigenvalue weighted by atomic mass is 35.5. The standard InChI is InChI=1S/C15H12Cl3FO2/c1-20-12-6-4-9(15(21-2)14(12)18)13(17)8-3-5-10(16)11(19)7-8/h3-7,13H,1-2H3. The molecule has 0 aliphatic rings. The molecule has 0 saturated carbocycles. The van der Waals surface area contributed by atoms with E-state index in [0.29, 0.717) is 27.6 Å². The Morgan fingerprint density at radius 1 is 1.05 bits per heavy atom. The fraction of sp³-hybridized carbons (Fsp3) is 0.200. The normalized spacial score (nSPS) is 12.1. The molecule has 0 radical (unpaired) electrons. The first-order valence-electron chi connectivity index (χ1n) is 5.99. The predicted molar refractivity (Wildman–Crippen MR) is 83.7 cm³/mol. The number of rotatable bonds is 4. The molecule has 0 fully saturated rings. The van der Waals surface area contributed by atoms with Crippen LogP contribution in [0.3, 0.4) is 0 Å². The van der Waals surface area contributed by atoms with Gasteiger partial charge in [-0.1, -0.05) is 29.3 Å². The van der Waals surface area contributed by atoms with Gasteiger partial charge in [-0.05, 0) is 29.8 Å². The smallest absolute Gasteiger partial charge is 0.146 e. The second kappa shape index (κ2) is 6.73. The van der Waals surface area contributed by atoms with Gasteiger partial charge in [0.2, 0.25) is 0 Å². The third-order valence-electron chi connectivity index (χ3n) is 3.03. The average Bonchev–Trinajstić information content (AvgIpc) is 2.49. The minimum atomic E-state index is -0.630. The molecule has 2 rings (SSSR count). The molecule has 0 aliphatic heterocycles. The van der Waals surface area contributed by atoms with Gasteiger partial charge < -0.3 is 9.47 Å². The molecule has 1 unspecified atom stereocenters. The monoisotopic (exact) mass is 348 g/mol. The molecule has 2 aromatic carbocycles. The minimum Gasteiger partial charge on any atom is -0.495 e. The molecule has 2 aromatic rings. The van der Waals surface area contributed by atoms with Crippen molar-refractivity contribution < 1.29 is 13.9 Å². The quantitative estimate of drug-likeness (QED) is 0.681. The van der Waals surface area contributed by atoms with Gasteiger partial charge in [0.05, 0.1) is 24.6 Å². The highest BCUT2D eigenvalue weighted by Gasteiger charge is 2.21. The number of hydrogen-bond acceptors (Lipinski definition) is 2. The van der Waals surface area contributed by atoms with Crippen LogP contribution in [0.4, 0.5) is 4.39 Å². The maximum Gasteiger partial charge on any atom is 0.146 e. The van der Waals surface area contributed by atoms with Crippen molar-refractivity contribution in [3.63, 3.8) is 0 Å². The van der Waals surface area contributed by atoms with Crippen molar-refractivity contribution in [1.29, 1.82) is 0 Å². The van der Waals surface area contributed by atoms with Crippen LogP contribution in [-0.2, 0) is 0 Å². The Hall–Kier alpha value is -1.16. The zero-order chi connectivity index (χ0) is 15.6. The van der Waals surface area contributed by atoms with Crippen LogP contribution < -0.4 is 9.47 Å². The third-order valence-corrected chi connectivity index (χ3v) is 4.18. The molecule has 6 heteroatoms. The van der Waals surface area contributed by atoms with E-state index < -0.39 is 11.2 Å². The van der Waals surface area contributed by atoms with Crippen molar-refractivity contribution in [2.45, 2.75) is 5.38 Å². The molecule has 0 amide bonds. The Kier molecular flexibility index (Phi) is 5.20. The summed E-state index contributed by atoms with van der Waals surface area (Å²) >= 11 is 18.3. The maximum atomic E-state index is 13.6. The molecule has 1 atom stereocenters. The van der Waals surface area contributed by atoms with Crippen LogP contribution >= 0.6 is 34.8 Å². The first-order valence-corrected chi connectivity index (χ1v) is 7.18. The lowest BCUT2D eigenvalue weighted by molar-refractivity contribution is 0.392. The fourth-order valence-corrected chi connectivity index (χ4v) is 2.72. The Morgan fingerprint density at radius 2 is 1.76 bits per heavy atom. The van der Waals surface area contributed by atoms with Crippen molar-refractivity contribution in [1.82, 2.24) is 0 Å². The summed E-state index contributed by atoms with van der Waals surface area (Å²) in [6, 6.07) is 7.81. The van der Waals surface area contributed by atoms with Crippen LogP contribution in [0.5, 0.6) is 11.5 Å². The van der Waals surface area contributed by atoms with Gasteiger partial charge in [-0.25, -0.2) is 4.39 Å². The van der Waals surface area contributed by atoms with E-state index in [-0.39, 0.29) is 5.02 Å². The summed E-state index contributed by atoms with van der Waals surface area (Å²) in [5.74, 6) is 0.341. The Bertz CT molecular complexity index is 662. The van der Waals surface area contributed by atoms with Crippen LogP contribution in [-0.4, -0.2) is 14.2 Å². The largest absolute Gasteiger partial charge is 0.495 e. The number of alkyl halides is 1. The molecular weight excluding hydrogens is 338 g/mol. The van der Waals surface area contributed by atoms with Crippen LogP contribution in [0.25, 0.3) is 0 Å². The summed E-state index contributed by atoms with van der Waals surface area (Å²) in [4.78, 5) is 0. The third kappa shape index (κ3) is 3.20. The summed E-state index contributed by atoms with van der Waals surface area (Å²) in [6.45, 7) is 0. The van der Waals surface area contributed by atoms with Crippen LogP contribution in [0, 0.1) is 5.82 Å². The van der Waals surface area contributed by atoms with E-state index in [9.17, 15) is 4.39 Å². The molecule has 0 heterocycles. The topological polar surface area (TPSA) is 18.5 Å². The first-order chi connectivity index (χ1) is 9.99. The van der Waals surface area contributed by atoms with Gasteiger partial charge in [-0.3, -0.25) is 0 Å². The summed E-state index contributed by atoms with van der Waals surface area (Å²) in [6.07, 6.45) is 0. The molecule has 0 aliphatic carbocycles. The van der Waals surface area contributed by atoms with Crippen molar-refractivity contribution in [3.8, 4) is 11.5 Å². The van der Waals surface area contributed by atoms with Crippen LogP contribution in [0.15, 0.2) is 30.3 Å². The van der Waals surface area contributed by atoms with Gasteiger partial charge in [-0.2, -0.15) is 0 Å². The van der Waals surface area contributed by atoms with Gasteiger partial charge in [0.25, 0.3) is 0 Å². The average molecular weight is 350 g/mol. The number of benzene rings is 2. The lowest BCUT2D eigenvalue weighted by Crippen LogP contribution is -2.00. The van der Waals surface area contributed by atoms with E-state index in [1.165, 1.54) is 26.4 Å². The molecular formula is C15H12Cl3FO2. The molecule has 0 N–H and O–H groups in total. The summed E-state index contributed by atoms with van der Waals surface area (Å²) in [5, 5.41) is -0.268. The fourth-order valence-electron chi connectivity index (χ4n) is 1.97. The molecule has 2 nitrogen and oxygen atoms in total. The maximum absolute atomic E-state index is 13.6. The summed E-state index contributed by atoms with van der Waals surface area (Å²) < 4.78 is 24.0. The molecule has 21 heavy (non-hydrogen) atoms. The van der Waals surface area contributed by atoms with Crippen LogP contribution in [0.1, 0.15) is 16.5 Å². The highest BCUT2D eigenvalue weighted by Crippen LogP contribution is 2.43. The van der Waals surface area contributed by atoms with Gasteiger partial charge in [0, 0.05) is 5.56 Å². The zero-order valence-electron chi connectivity index (χ0n) is 11.3. The van der Waals surface area contributed by atoms with Gasteiger partial charge in [0.1, 0.15) is 22.3 Å². The first kappa shape index (κ1) is 16.2. The number of ether oxygens (including phenoxy) is 2. The van der Waals surface area contributed by atoms with E-state index in [0.717, 1.165) is 0 Å². The Morgan fingerprint density at radius 3 is 2.33 bits per heavy atom. The predicted octanol–water partition coefficient (Wildman–Crippen LogP) is 5.48.